The summed E-state index contributed by atoms with van der Waals surface area (Å²) in [5, 5.41) is 11.8. The zero-order valence-corrected chi connectivity index (χ0v) is 21.1. The molecule has 0 unspecified atom stereocenters. The molecule has 0 bridgehead atoms. The summed E-state index contributed by atoms with van der Waals surface area (Å²) >= 11 is 0. The average molecular weight is 523 g/mol. The maximum absolute atomic E-state index is 13.3. The Morgan fingerprint density at radius 3 is 2.46 bits per heavy atom. The quantitative estimate of drug-likeness (QED) is 0.390. The van der Waals surface area contributed by atoms with Crippen molar-refractivity contribution in [2.24, 2.45) is 5.73 Å². The standard InChI is InChI=1S/C24H26N8O4S/c1-15-3-5-18(6-4-15)32-21(11-20(29-32)16-7-9-30(10-8-16)37(2,35)36)28-24(34)19-13-27-31-14-17(22(25)33)12-26-23(19)31/h3-6,11-14,16H,7-10H2,1-2H3,(H2,25,33)(H,28,34). The number of primary amides is 1. The summed E-state index contributed by atoms with van der Waals surface area (Å²) in [6.45, 7) is 2.83. The molecule has 1 aliphatic heterocycles. The molecule has 0 saturated carbocycles. The van der Waals surface area contributed by atoms with Crippen molar-refractivity contribution in [2.75, 3.05) is 24.7 Å². The van der Waals surface area contributed by atoms with Crippen LogP contribution in [0.1, 0.15) is 50.7 Å². The van der Waals surface area contributed by atoms with Gasteiger partial charge in [-0.1, -0.05) is 17.7 Å². The molecular weight excluding hydrogens is 496 g/mol. The van der Waals surface area contributed by atoms with Gasteiger partial charge in [0, 0.05) is 37.5 Å². The maximum Gasteiger partial charge on any atom is 0.262 e. The number of nitrogens with two attached hydrogens (primary N) is 1. The van der Waals surface area contributed by atoms with Gasteiger partial charge >= 0.3 is 0 Å². The summed E-state index contributed by atoms with van der Waals surface area (Å²) in [6.07, 6.45) is 6.57. The Hall–Kier alpha value is -4.10. The summed E-state index contributed by atoms with van der Waals surface area (Å²) in [4.78, 5) is 28.9. The minimum Gasteiger partial charge on any atom is -0.366 e. The SMILES string of the molecule is Cc1ccc(-n2nc(C3CCN(S(C)(=O)=O)CC3)cc2NC(=O)c2cnn3cc(C(N)=O)cnc23)cc1. The van der Waals surface area contributed by atoms with Gasteiger partial charge in [-0.15, -0.1) is 0 Å². The summed E-state index contributed by atoms with van der Waals surface area (Å²) in [5.74, 6) is -0.581. The highest BCUT2D eigenvalue weighted by Crippen LogP contribution is 2.31. The third kappa shape index (κ3) is 4.95. The number of nitrogens with zero attached hydrogens (tertiary/aromatic N) is 6. The van der Waals surface area contributed by atoms with E-state index in [1.165, 1.54) is 33.7 Å². The first-order chi connectivity index (χ1) is 17.6. The lowest BCUT2D eigenvalue weighted by Crippen LogP contribution is -2.37. The van der Waals surface area contributed by atoms with Gasteiger partial charge in [-0.25, -0.2) is 26.9 Å². The predicted molar refractivity (Wildman–Crippen MR) is 136 cm³/mol. The zero-order valence-electron chi connectivity index (χ0n) is 20.3. The molecule has 0 spiro atoms. The van der Waals surface area contributed by atoms with Crippen LogP contribution in [-0.2, 0) is 10.0 Å². The Kier molecular flexibility index (Phi) is 6.25. The highest BCUT2D eigenvalue weighted by atomic mass is 32.2. The van der Waals surface area contributed by atoms with Crippen LogP contribution in [0.25, 0.3) is 11.3 Å². The maximum atomic E-state index is 13.3. The van der Waals surface area contributed by atoms with Crippen LogP contribution in [-0.4, -0.2) is 68.3 Å². The van der Waals surface area contributed by atoms with Gasteiger partial charge in [0.25, 0.3) is 11.8 Å². The molecule has 37 heavy (non-hydrogen) atoms. The highest BCUT2D eigenvalue weighted by Gasteiger charge is 2.28. The van der Waals surface area contributed by atoms with Crippen LogP contribution in [0, 0.1) is 6.92 Å². The van der Waals surface area contributed by atoms with E-state index in [1.807, 2.05) is 37.3 Å². The van der Waals surface area contributed by atoms with E-state index in [0.717, 1.165) is 16.9 Å². The normalized spacial score (nSPS) is 15.2. The molecule has 4 heterocycles. The summed E-state index contributed by atoms with van der Waals surface area (Å²) in [7, 11) is -3.24. The second-order valence-corrected chi connectivity index (χ2v) is 11.1. The number of fused-ring (bicyclic) bond motifs is 1. The topological polar surface area (TPSA) is 158 Å². The number of carbonyl (C=O) groups is 2. The highest BCUT2D eigenvalue weighted by molar-refractivity contribution is 7.88. The van der Waals surface area contributed by atoms with Crippen LogP contribution in [0.3, 0.4) is 0 Å². The third-order valence-corrected chi connectivity index (χ3v) is 7.78. The number of benzene rings is 1. The first kappa shape index (κ1) is 24.6. The molecular formula is C24H26N8O4S. The number of carbonyl (C=O) groups excluding carboxylic acids is 2. The molecule has 5 rings (SSSR count). The van der Waals surface area contributed by atoms with Crippen molar-refractivity contribution in [3.8, 4) is 5.69 Å². The lowest BCUT2D eigenvalue weighted by Gasteiger charge is -2.29. The van der Waals surface area contributed by atoms with Gasteiger partial charge in [-0.2, -0.15) is 10.2 Å². The first-order valence-electron chi connectivity index (χ1n) is 11.7. The molecule has 1 saturated heterocycles. The number of aryl methyl sites for hydroxylation is 1. The van der Waals surface area contributed by atoms with Gasteiger partial charge in [-0.05, 0) is 31.9 Å². The second kappa shape index (κ2) is 9.41. The summed E-state index contributed by atoms with van der Waals surface area (Å²) < 4.78 is 28.3. The van der Waals surface area contributed by atoms with Crippen LogP contribution in [0.2, 0.25) is 0 Å². The third-order valence-electron chi connectivity index (χ3n) is 6.48. The Morgan fingerprint density at radius 1 is 1.11 bits per heavy atom. The summed E-state index contributed by atoms with van der Waals surface area (Å²) in [5.41, 5.74) is 8.60. The van der Waals surface area contributed by atoms with Crippen LogP contribution < -0.4 is 11.1 Å². The molecule has 12 nitrogen and oxygen atoms in total. The number of nitrogens with one attached hydrogen (secondary N) is 1. The minimum atomic E-state index is -3.24. The smallest absolute Gasteiger partial charge is 0.262 e. The number of amides is 2. The average Bonchev–Trinajstić information content (AvgIpc) is 3.48. The Morgan fingerprint density at radius 2 is 1.81 bits per heavy atom. The van der Waals surface area contributed by atoms with E-state index in [1.54, 1.807) is 4.68 Å². The number of rotatable bonds is 6. The molecule has 1 fully saturated rings. The van der Waals surface area contributed by atoms with Crippen molar-refractivity contribution in [3.05, 3.63) is 71.3 Å². The van der Waals surface area contributed by atoms with Gasteiger partial charge < -0.3 is 11.1 Å². The Balaban J connectivity index is 1.46. The number of piperidine rings is 1. The predicted octanol–water partition coefficient (Wildman–Crippen LogP) is 1.71. The van der Waals surface area contributed by atoms with Crippen molar-refractivity contribution in [1.29, 1.82) is 0 Å². The lowest BCUT2D eigenvalue weighted by atomic mass is 9.95. The molecule has 3 aromatic heterocycles. The fraction of sp³-hybridized carbons (Fsp3) is 0.292. The largest absolute Gasteiger partial charge is 0.366 e. The zero-order chi connectivity index (χ0) is 26.3. The number of hydrogen-bond donors (Lipinski definition) is 2. The van der Waals surface area contributed by atoms with Crippen LogP contribution >= 0.6 is 0 Å². The molecule has 13 heteroatoms. The van der Waals surface area contributed by atoms with Crippen molar-refractivity contribution in [2.45, 2.75) is 25.7 Å². The second-order valence-electron chi connectivity index (χ2n) is 9.13. The molecule has 0 atom stereocenters. The molecule has 1 aliphatic rings. The van der Waals surface area contributed by atoms with Gasteiger partial charge in [-0.3, -0.25) is 9.59 Å². The molecule has 2 amide bonds. The van der Waals surface area contributed by atoms with E-state index in [9.17, 15) is 18.0 Å². The number of hydrogen-bond acceptors (Lipinski definition) is 7. The molecule has 0 aliphatic carbocycles. The fourth-order valence-electron chi connectivity index (χ4n) is 4.40. The van der Waals surface area contributed by atoms with E-state index in [4.69, 9.17) is 10.8 Å². The summed E-state index contributed by atoms with van der Waals surface area (Å²) in [6, 6.07) is 9.56. The van der Waals surface area contributed by atoms with Crippen molar-refractivity contribution in [1.82, 2.24) is 28.7 Å². The van der Waals surface area contributed by atoms with Crippen LogP contribution in [0.4, 0.5) is 5.82 Å². The number of sulfonamides is 1. The van der Waals surface area contributed by atoms with Gasteiger partial charge in [0.15, 0.2) is 5.65 Å². The van der Waals surface area contributed by atoms with E-state index in [2.05, 4.69) is 15.4 Å². The molecule has 4 aromatic rings. The fourth-order valence-corrected chi connectivity index (χ4v) is 5.27. The molecule has 3 N–H and O–H groups in total. The molecule has 0 radical (unpaired) electrons. The van der Waals surface area contributed by atoms with Crippen molar-refractivity contribution >= 4 is 33.3 Å². The molecule has 1 aromatic carbocycles. The van der Waals surface area contributed by atoms with Gasteiger partial charge in [0.1, 0.15) is 11.4 Å². The number of aromatic nitrogens is 5. The lowest BCUT2D eigenvalue weighted by molar-refractivity contribution is 0.0997. The molecule has 192 valence electrons. The van der Waals surface area contributed by atoms with Gasteiger partial charge in [0.05, 0.1) is 29.4 Å². The first-order valence-corrected chi connectivity index (χ1v) is 13.5. The minimum absolute atomic E-state index is 0.0474. The van der Waals surface area contributed by atoms with Crippen molar-refractivity contribution in [3.63, 3.8) is 0 Å². The van der Waals surface area contributed by atoms with Gasteiger partial charge in [0.2, 0.25) is 10.0 Å². The van der Waals surface area contributed by atoms with E-state index in [-0.39, 0.29) is 22.7 Å². The van der Waals surface area contributed by atoms with E-state index < -0.39 is 21.8 Å². The monoisotopic (exact) mass is 522 g/mol. The number of anilines is 1. The Labute approximate surface area is 213 Å². The van der Waals surface area contributed by atoms with E-state index >= 15 is 0 Å². The van der Waals surface area contributed by atoms with Crippen LogP contribution in [0.15, 0.2) is 48.9 Å². The van der Waals surface area contributed by atoms with Crippen LogP contribution in [0.5, 0.6) is 0 Å². The Bertz CT molecular complexity index is 1600. The van der Waals surface area contributed by atoms with E-state index in [0.29, 0.717) is 31.7 Å². The van der Waals surface area contributed by atoms with Crippen molar-refractivity contribution < 1.29 is 18.0 Å².